The Kier molecular flexibility index (Phi) is 6.91. The summed E-state index contributed by atoms with van der Waals surface area (Å²) in [4.78, 5) is 42.6. The largest absolute Gasteiger partial charge is 0.383 e. The highest BCUT2D eigenvalue weighted by atomic mass is 32.2. The summed E-state index contributed by atoms with van der Waals surface area (Å²) < 4.78 is 20.9. The molecule has 0 radical (unpaired) electrons. The quantitative estimate of drug-likeness (QED) is 0.241. The van der Waals surface area contributed by atoms with E-state index in [2.05, 4.69) is 20.8 Å². The van der Waals surface area contributed by atoms with Crippen LogP contribution in [0.1, 0.15) is 34.9 Å². The molecule has 192 valence electrons. The second-order valence-corrected chi connectivity index (χ2v) is 10.0. The summed E-state index contributed by atoms with van der Waals surface area (Å²) in [5.41, 5.74) is 12.2. The van der Waals surface area contributed by atoms with Crippen LogP contribution in [0.15, 0.2) is 32.4 Å². The maximum absolute atomic E-state index is 13.8. The molecule has 1 saturated heterocycles. The van der Waals surface area contributed by atoms with E-state index in [1.165, 1.54) is 31.8 Å². The lowest BCUT2D eigenvalue weighted by atomic mass is 10.1. The molecule has 12 nitrogen and oxygen atoms in total. The Morgan fingerprint density at radius 3 is 2.69 bits per heavy atom. The molecule has 0 saturated carbocycles. The minimum Gasteiger partial charge on any atom is -0.383 e. The number of aromatic nitrogens is 4. The average Bonchev–Trinajstić information content (AvgIpc) is 3.54. The summed E-state index contributed by atoms with van der Waals surface area (Å²) in [6.07, 6.45) is 0.883. The van der Waals surface area contributed by atoms with Gasteiger partial charge in [-0.25, -0.2) is 9.18 Å². The smallest absolute Gasteiger partial charge is 0.332 e. The maximum atomic E-state index is 13.8. The standard InChI is InChI=1S/C22H27FN8O4S/c1-9-5-13(29-35-9)8-31-21(33)15(19(25)30(4)22(31)34)27-11(3)20(32)28-18(24)17-16(36-17)12-6-14(23)10(2)26-7-12/h5-7,11,16-18,27H,8,24-25H2,1-4H3,(H,28,32)/t11-,16+,17?,18?/m0/s1. The minimum atomic E-state index is -0.910. The molecule has 0 aromatic carbocycles. The molecule has 1 aliphatic heterocycles. The molecule has 14 heteroatoms. The molecule has 4 heterocycles. The first-order chi connectivity index (χ1) is 17.0. The van der Waals surface area contributed by atoms with Crippen molar-refractivity contribution in [3.8, 4) is 0 Å². The van der Waals surface area contributed by atoms with Gasteiger partial charge in [0.05, 0.1) is 23.7 Å². The van der Waals surface area contributed by atoms with Crippen LogP contribution in [0, 0.1) is 19.7 Å². The van der Waals surface area contributed by atoms with E-state index in [1.54, 1.807) is 26.1 Å². The SMILES string of the molecule is Cc1cc(Cn2c(=O)c(N[C@@H](C)C(=O)NC(N)C3S[C@@H]3c3cnc(C)c(F)c3)c(N)n(C)c2=O)no1. The lowest BCUT2D eigenvalue weighted by Crippen LogP contribution is -2.51. The zero-order valence-electron chi connectivity index (χ0n) is 20.1. The van der Waals surface area contributed by atoms with Gasteiger partial charge in [-0.1, -0.05) is 5.16 Å². The van der Waals surface area contributed by atoms with E-state index < -0.39 is 35.2 Å². The first kappa shape index (κ1) is 25.4. The fourth-order valence-corrected chi connectivity index (χ4v) is 4.81. The van der Waals surface area contributed by atoms with Crippen LogP contribution in [0.4, 0.5) is 15.9 Å². The number of carbonyl (C=O) groups is 1. The van der Waals surface area contributed by atoms with Crippen molar-refractivity contribution in [1.29, 1.82) is 0 Å². The van der Waals surface area contributed by atoms with Gasteiger partial charge in [0.2, 0.25) is 5.91 Å². The lowest BCUT2D eigenvalue weighted by molar-refractivity contribution is -0.122. The summed E-state index contributed by atoms with van der Waals surface area (Å²) in [7, 11) is 1.42. The van der Waals surface area contributed by atoms with Crippen LogP contribution < -0.4 is 33.3 Å². The zero-order valence-corrected chi connectivity index (χ0v) is 20.9. The van der Waals surface area contributed by atoms with Crippen molar-refractivity contribution >= 4 is 29.2 Å². The van der Waals surface area contributed by atoms with Crippen molar-refractivity contribution in [2.75, 3.05) is 11.1 Å². The molecular formula is C22H27FN8O4S. The van der Waals surface area contributed by atoms with Crippen LogP contribution >= 0.6 is 11.8 Å². The van der Waals surface area contributed by atoms with Crippen molar-refractivity contribution in [2.24, 2.45) is 12.8 Å². The number of rotatable bonds is 8. The van der Waals surface area contributed by atoms with Gasteiger partial charge in [-0.3, -0.25) is 23.7 Å². The third kappa shape index (κ3) is 4.99. The van der Waals surface area contributed by atoms with E-state index in [0.29, 0.717) is 22.7 Å². The number of nitrogens with two attached hydrogens (primary N) is 2. The summed E-state index contributed by atoms with van der Waals surface area (Å²) in [6.45, 7) is 4.68. The molecule has 0 spiro atoms. The monoisotopic (exact) mass is 518 g/mol. The summed E-state index contributed by atoms with van der Waals surface area (Å²) >= 11 is 1.49. The van der Waals surface area contributed by atoms with Gasteiger partial charge in [0.15, 0.2) is 0 Å². The van der Waals surface area contributed by atoms with Gasteiger partial charge < -0.3 is 26.6 Å². The van der Waals surface area contributed by atoms with Crippen LogP contribution in [0.5, 0.6) is 0 Å². The third-order valence-corrected chi connectivity index (χ3v) is 7.33. The van der Waals surface area contributed by atoms with E-state index in [-0.39, 0.29) is 28.5 Å². The molecule has 1 aliphatic rings. The number of thioether (sulfide) groups is 1. The minimum absolute atomic E-state index is 0.0853. The van der Waals surface area contributed by atoms with Crippen molar-refractivity contribution in [1.82, 2.24) is 24.6 Å². The number of aryl methyl sites for hydroxylation is 2. The Balaban J connectivity index is 1.45. The lowest BCUT2D eigenvalue weighted by Gasteiger charge is -2.20. The highest BCUT2D eigenvalue weighted by Gasteiger charge is 2.45. The fraction of sp³-hybridized carbons (Fsp3) is 0.409. The number of amides is 1. The Hall–Kier alpha value is -3.65. The molecule has 36 heavy (non-hydrogen) atoms. The van der Waals surface area contributed by atoms with E-state index in [4.69, 9.17) is 16.0 Å². The predicted molar refractivity (Wildman–Crippen MR) is 133 cm³/mol. The molecule has 1 amide bonds. The van der Waals surface area contributed by atoms with Gasteiger partial charge in [-0.2, -0.15) is 0 Å². The molecule has 1 fully saturated rings. The Bertz CT molecular complexity index is 1430. The number of pyridine rings is 1. The maximum Gasteiger partial charge on any atom is 0.332 e. The van der Waals surface area contributed by atoms with Gasteiger partial charge in [0.25, 0.3) is 5.56 Å². The second kappa shape index (κ2) is 9.78. The van der Waals surface area contributed by atoms with Crippen molar-refractivity contribution in [3.05, 3.63) is 67.7 Å². The summed E-state index contributed by atoms with van der Waals surface area (Å²) in [5.74, 6) is -0.458. The molecule has 0 aliphatic carbocycles. The number of carbonyl (C=O) groups excluding carboxylic acids is 1. The summed E-state index contributed by atoms with van der Waals surface area (Å²) in [6, 6.07) is 2.12. The number of nitrogen functional groups attached to an aromatic ring is 1. The highest BCUT2D eigenvalue weighted by molar-refractivity contribution is 8.07. The number of hydrogen-bond donors (Lipinski definition) is 4. The number of nitrogens with zero attached hydrogens (tertiary/aromatic N) is 4. The average molecular weight is 519 g/mol. The van der Waals surface area contributed by atoms with E-state index >= 15 is 0 Å². The van der Waals surface area contributed by atoms with Gasteiger partial charge in [-0.15, -0.1) is 11.8 Å². The number of anilines is 2. The molecule has 3 aromatic rings. The fourth-order valence-electron chi connectivity index (χ4n) is 3.71. The van der Waals surface area contributed by atoms with E-state index in [1.807, 2.05) is 0 Å². The normalized spacial score (nSPS) is 18.5. The second-order valence-electron chi connectivity index (χ2n) is 8.68. The topological polar surface area (TPSA) is 176 Å². The Morgan fingerprint density at radius 2 is 2.06 bits per heavy atom. The van der Waals surface area contributed by atoms with Crippen LogP contribution in [-0.2, 0) is 18.4 Å². The molecule has 6 N–H and O–H groups in total. The van der Waals surface area contributed by atoms with Gasteiger partial charge in [0.1, 0.15) is 34.8 Å². The van der Waals surface area contributed by atoms with Crippen LogP contribution in [0.2, 0.25) is 0 Å². The number of halogens is 1. The third-order valence-electron chi connectivity index (χ3n) is 5.91. The predicted octanol–water partition coefficient (Wildman–Crippen LogP) is 0.375. The van der Waals surface area contributed by atoms with Gasteiger partial charge >= 0.3 is 5.69 Å². The Labute approximate surface area is 209 Å². The molecular weight excluding hydrogens is 491 g/mol. The number of nitrogens with one attached hydrogen (secondary N) is 2. The van der Waals surface area contributed by atoms with Crippen LogP contribution in [0.3, 0.4) is 0 Å². The molecule has 4 atom stereocenters. The molecule has 4 rings (SSSR count). The summed E-state index contributed by atoms with van der Waals surface area (Å²) in [5, 5.41) is 9.09. The van der Waals surface area contributed by atoms with Crippen molar-refractivity contribution in [3.63, 3.8) is 0 Å². The first-order valence-corrected chi connectivity index (χ1v) is 12.0. The zero-order chi connectivity index (χ0) is 26.3. The van der Waals surface area contributed by atoms with Crippen LogP contribution in [0.25, 0.3) is 0 Å². The molecule has 3 aromatic heterocycles. The highest BCUT2D eigenvalue weighted by Crippen LogP contribution is 2.55. The van der Waals surface area contributed by atoms with Crippen molar-refractivity contribution in [2.45, 2.75) is 50.0 Å². The van der Waals surface area contributed by atoms with Gasteiger partial charge in [-0.05, 0) is 32.4 Å². The molecule has 2 unspecified atom stereocenters. The van der Waals surface area contributed by atoms with E-state index in [0.717, 1.165) is 9.13 Å². The first-order valence-electron chi connectivity index (χ1n) is 11.1. The van der Waals surface area contributed by atoms with E-state index in [9.17, 15) is 18.8 Å². The number of hydrogen-bond acceptors (Lipinski definition) is 10. The molecule has 0 bridgehead atoms. The van der Waals surface area contributed by atoms with Gasteiger partial charge in [0, 0.05) is 24.6 Å². The Morgan fingerprint density at radius 1 is 1.33 bits per heavy atom. The van der Waals surface area contributed by atoms with Crippen LogP contribution in [-0.4, -0.2) is 42.6 Å². The van der Waals surface area contributed by atoms with Crippen molar-refractivity contribution < 1.29 is 13.7 Å².